The number of methoxy groups -OCH3 is 1. The lowest BCUT2D eigenvalue weighted by Crippen LogP contribution is -2.38. The third-order valence-electron chi connectivity index (χ3n) is 6.29. The Labute approximate surface area is 229 Å². The highest BCUT2D eigenvalue weighted by molar-refractivity contribution is 7.92. The summed E-state index contributed by atoms with van der Waals surface area (Å²) in [6.07, 6.45) is 0.800. The van der Waals surface area contributed by atoms with Gasteiger partial charge in [0, 0.05) is 25.3 Å². The van der Waals surface area contributed by atoms with Crippen molar-refractivity contribution < 1.29 is 27.1 Å². The fourth-order valence-electron chi connectivity index (χ4n) is 4.27. The van der Waals surface area contributed by atoms with Crippen LogP contribution in [0.4, 0.5) is 20.6 Å². The van der Waals surface area contributed by atoms with E-state index in [1.165, 1.54) is 19.2 Å². The van der Waals surface area contributed by atoms with Crippen LogP contribution in [-0.4, -0.2) is 45.2 Å². The van der Waals surface area contributed by atoms with Crippen molar-refractivity contribution in [3.8, 4) is 5.75 Å². The first-order valence-electron chi connectivity index (χ1n) is 12.7. The predicted molar refractivity (Wildman–Crippen MR) is 149 cm³/mol. The van der Waals surface area contributed by atoms with Crippen LogP contribution in [0.2, 0.25) is 0 Å². The van der Waals surface area contributed by atoms with E-state index in [1.54, 1.807) is 47.4 Å². The smallest absolute Gasteiger partial charge is 0.410 e. The monoisotopic (exact) mass is 555 g/mol. The molecule has 0 spiro atoms. The van der Waals surface area contributed by atoms with Gasteiger partial charge < -0.3 is 19.7 Å². The van der Waals surface area contributed by atoms with E-state index in [1.807, 2.05) is 26.8 Å². The number of nitrogens with zero attached hydrogens (tertiary/aromatic N) is 1. The topological polar surface area (TPSA) is 97.0 Å². The molecule has 0 bridgehead atoms. The molecule has 0 fully saturated rings. The first kappa shape index (κ1) is 28.2. The number of anilines is 2. The Morgan fingerprint density at radius 1 is 0.974 bits per heavy atom. The largest absolute Gasteiger partial charge is 0.495 e. The van der Waals surface area contributed by atoms with Gasteiger partial charge in [0.15, 0.2) is 0 Å². The maximum absolute atomic E-state index is 13.2. The van der Waals surface area contributed by atoms with E-state index >= 15 is 0 Å². The number of rotatable bonds is 7. The number of carbonyl (C=O) groups excluding carboxylic acids is 1. The van der Waals surface area contributed by atoms with Crippen LogP contribution in [0.15, 0.2) is 65.6 Å². The summed E-state index contributed by atoms with van der Waals surface area (Å²) < 4.78 is 53.2. The SMILES string of the molecule is COc1cc2c(cc1NS(=O)(=O)c1ccc(CNc3ccc(F)cc3)cc1)CCN(C(=O)OC(C)(C)C)CC2. The predicted octanol–water partition coefficient (Wildman–Crippen LogP) is 5.58. The van der Waals surface area contributed by atoms with Crippen LogP contribution in [-0.2, 0) is 34.1 Å². The highest BCUT2D eigenvalue weighted by atomic mass is 32.2. The van der Waals surface area contributed by atoms with Crippen LogP contribution in [0.5, 0.6) is 5.75 Å². The van der Waals surface area contributed by atoms with Crippen molar-refractivity contribution in [2.75, 3.05) is 30.2 Å². The molecule has 0 aliphatic carbocycles. The summed E-state index contributed by atoms with van der Waals surface area (Å²) in [5.74, 6) is 0.0969. The number of fused-ring (bicyclic) bond motifs is 1. The number of benzene rings is 3. The Bertz CT molecular complexity index is 1420. The fraction of sp³-hybridized carbons (Fsp3) is 0.345. The molecule has 39 heavy (non-hydrogen) atoms. The van der Waals surface area contributed by atoms with Crippen molar-refractivity contribution in [3.05, 3.63) is 83.2 Å². The van der Waals surface area contributed by atoms with Gasteiger partial charge in [0.25, 0.3) is 10.0 Å². The van der Waals surface area contributed by atoms with Crippen LogP contribution in [0.3, 0.4) is 0 Å². The summed E-state index contributed by atoms with van der Waals surface area (Å²) in [5.41, 5.74) is 3.33. The highest BCUT2D eigenvalue weighted by Gasteiger charge is 2.26. The van der Waals surface area contributed by atoms with Crippen LogP contribution < -0.4 is 14.8 Å². The second kappa shape index (κ2) is 11.5. The van der Waals surface area contributed by atoms with Gasteiger partial charge in [0.1, 0.15) is 17.2 Å². The normalized spacial score (nSPS) is 13.7. The zero-order valence-corrected chi connectivity index (χ0v) is 23.4. The lowest BCUT2D eigenvalue weighted by molar-refractivity contribution is 0.0258. The van der Waals surface area contributed by atoms with Gasteiger partial charge in [0.05, 0.1) is 17.7 Å². The molecule has 2 N–H and O–H groups in total. The van der Waals surface area contributed by atoms with Crippen LogP contribution >= 0.6 is 0 Å². The summed E-state index contributed by atoms with van der Waals surface area (Å²) in [4.78, 5) is 14.4. The molecule has 10 heteroatoms. The highest BCUT2D eigenvalue weighted by Crippen LogP contribution is 2.32. The Morgan fingerprint density at radius 3 is 2.18 bits per heavy atom. The number of hydrogen-bond donors (Lipinski definition) is 2. The Hall–Kier alpha value is -3.79. The summed E-state index contributed by atoms with van der Waals surface area (Å²) >= 11 is 0. The summed E-state index contributed by atoms with van der Waals surface area (Å²) in [7, 11) is -2.40. The van der Waals surface area contributed by atoms with Crippen LogP contribution in [0.1, 0.15) is 37.5 Å². The van der Waals surface area contributed by atoms with E-state index in [4.69, 9.17) is 9.47 Å². The minimum Gasteiger partial charge on any atom is -0.495 e. The van der Waals surface area contributed by atoms with Gasteiger partial charge in [-0.2, -0.15) is 0 Å². The zero-order valence-electron chi connectivity index (χ0n) is 22.6. The molecule has 1 aliphatic rings. The molecule has 0 unspecified atom stereocenters. The number of amides is 1. The van der Waals surface area contributed by atoms with Gasteiger partial charge in [-0.05, 0) is 98.8 Å². The molecular formula is C29H34FN3O5S. The van der Waals surface area contributed by atoms with Crippen molar-refractivity contribution in [1.82, 2.24) is 4.90 Å². The number of carbonyl (C=O) groups is 1. The van der Waals surface area contributed by atoms with E-state index < -0.39 is 15.6 Å². The van der Waals surface area contributed by atoms with Gasteiger partial charge >= 0.3 is 6.09 Å². The van der Waals surface area contributed by atoms with E-state index in [2.05, 4.69) is 10.0 Å². The molecule has 0 saturated carbocycles. The summed E-state index contributed by atoms with van der Waals surface area (Å²) in [5, 5.41) is 3.18. The second-order valence-electron chi connectivity index (χ2n) is 10.4. The van der Waals surface area contributed by atoms with Crippen molar-refractivity contribution >= 4 is 27.5 Å². The number of ether oxygens (including phenoxy) is 2. The molecule has 1 heterocycles. The molecule has 208 valence electrons. The van der Waals surface area contributed by atoms with E-state index in [9.17, 15) is 17.6 Å². The number of sulfonamides is 1. The van der Waals surface area contributed by atoms with Crippen molar-refractivity contribution in [3.63, 3.8) is 0 Å². The van der Waals surface area contributed by atoms with Gasteiger partial charge in [-0.1, -0.05) is 12.1 Å². The first-order valence-corrected chi connectivity index (χ1v) is 14.2. The lowest BCUT2D eigenvalue weighted by atomic mass is 10.0. The standard InChI is InChI=1S/C29H34FN3O5S/c1-29(2,3)38-28(34)33-15-13-21-17-26(27(37-4)18-22(21)14-16-33)32-39(35,36)25-11-5-20(6-12-25)19-31-24-9-7-23(30)8-10-24/h5-12,17-18,31-32H,13-16,19H2,1-4H3. The first-order chi connectivity index (χ1) is 18.4. The average molecular weight is 556 g/mol. The number of halogens is 1. The minimum atomic E-state index is -3.89. The zero-order chi connectivity index (χ0) is 28.2. The van der Waals surface area contributed by atoms with Crippen molar-refractivity contribution in [2.24, 2.45) is 0 Å². The quantitative estimate of drug-likeness (QED) is 0.395. The number of nitrogens with one attached hydrogen (secondary N) is 2. The van der Waals surface area contributed by atoms with E-state index in [-0.39, 0.29) is 16.8 Å². The fourth-order valence-corrected chi connectivity index (χ4v) is 5.34. The third kappa shape index (κ3) is 7.41. The van der Waals surface area contributed by atoms with Gasteiger partial charge in [0.2, 0.25) is 0 Å². The summed E-state index contributed by atoms with van der Waals surface area (Å²) in [6, 6.07) is 16.2. The Balaban J connectivity index is 1.45. The molecule has 4 rings (SSSR count). The number of hydrogen-bond acceptors (Lipinski definition) is 6. The molecule has 8 nitrogen and oxygen atoms in total. The lowest BCUT2D eigenvalue weighted by Gasteiger charge is -2.26. The van der Waals surface area contributed by atoms with Gasteiger partial charge in [-0.15, -0.1) is 0 Å². The molecule has 0 saturated heterocycles. The molecular weight excluding hydrogens is 521 g/mol. The minimum absolute atomic E-state index is 0.112. The van der Waals surface area contributed by atoms with Crippen molar-refractivity contribution in [2.45, 2.75) is 50.7 Å². The van der Waals surface area contributed by atoms with E-state index in [0.29, 0.717) is 43.9 Å². The molecule has 0 atom stereocenters. The van der Waals surface area contributed by atoms with Gasteiger partial charge in [-0.3, -0.25) is 4.72 Å². The summed E-state index contributed by atoms with van der Waals surface area (Å²) in [6.45, 7) is 6.92. The van der Waals surface area contributed by atoms with E-state index in [0.717, 1.165) is 22.4 Å². The Kier molecular flexibility index (Phi) is 8.34. The molecule has 0 radical (unpaired) electrons. The Morgan fingerprint density at radius 2 is 1.59 bits per heavy atom. The van der Waals surface area contributed by atoms with Crippen LogP contribution in [0, 0.1) is 5.82 Å². The average Bonchev–Trinajstić information content (AvgIpc) is 3.09. The maximum atomic E-state index is 13.2. The van der Waals surface area contributed by atoms with Gasteiger partial charge in [-0.25, -0.2) is 17.6 Å². The molecule has 1 amide bonds. The molecule has 0 aromatic heterocycles. The molecule has 3 aromatic carbocycles. The van der Waals surface area contributed by atoms with Crippen molar-refractivity contribution in [1.29, 1.82) is 0 Å². The van der Waals surface area contributed by atoms with Crippen LogP contribution in [0.25, 0.3) is 0 Å². The third-order valence-corrected chi connectivity index (χ3v) is 7.68. The maximum Gasteiger partial charge on any atom is 0.410 e. The molecule has 3 aromatic rings. The second-order valence-corrected chi connectivity index (χ2v) is 12.1. The molecule has 1 aliphatic heterocycles.